The fourth-order valence-electron chi connectivity index (χ4n) is 3.31. The van der Waals surface area contributed by atoms with Crippen LogP contribution in [0.3, 0.4) is 0 Å². The number of carbonyl (C=O) groups excluding carboxylic acids is 1. The fourth-order valence-corrected chi connectivity index (χ4v) is 3.31. The summed E-state index contributed by atoms with van der Waals surface area (Å²) in [6, 6.07) is 1.15. The van der Waals surface area contributed by atoms with Gasteiger partial charge in [0, 0.05) is 30.6 Å². The van der Waals surface area contributed by atoms with E-state index in [1.54, 1.807) is 0 Å². The quantitative estimate of drug-likeness (QED) is 0.824. The molecule has 0 aliphatic carbocycles. The molecule has 110 valence electrons. The van der Waals surface area contributed by atoms with Gasteiger partial charge < -0.3 is 10.1 Å². The number of rotatable bonds is 5. The van der Waals surface area contributed by atoms with Gasteiger partial charge in [0.2, 0.25) is 5.91 Å². The standard InChI is InChI=1S/C15H28N2O2/c1-9(2)14(16-15(18)10(3)4)11(5)17-7-13-6-12(17)8-19-13/h9-14H,6-8H2,1-5H3,(H,16,18)/t11-,12+,13+,14-/m0/s1. The Labute approximate surface area is 116 Å². The number of likely N-dealkylation sites (tertiary alicyclic amines) is 1. The monoisotopic (exact) mass is 268 g/mol. The molecule has 0 saturated carbocycles. The van der Waals surface area contributed by atoms with Gasteiger partial charge in [-0.15, -0.1) is 0 Å². The van der Waals surface area contributed by atoms with Crippen molar-refractivity contribution in [1.82, 2.24) is 10.2 Å². The topological polar surface area (TPSA) is 41.6 Å². The Kier molecular flexibility index (Phi) is 4.51. The minimum Gasteiger partial charge on any atom is -0.375 e. The van der Waals surface area contributed by atoms with Crippen LogP contribution in [0.5, 0.6) is 0 Å². The summed E-state index contributed by atoms with van der Waals surface area (Å²) in [7, 11) is 0. The van der Waals surface area contributed by atoms with Crippen LogP contribution in [-0.2, 0) is 9.53 Å². The van der Waals surface area contributed by atoms with E-state index >= 15 is 0 Å². The average molecular weight is 268 g/mol. The van der Waals surface area contributed by atoms with Crippen LogP contribution in [-0.4, -0.2) is 48.2 Å². The second kappa shape index (κ2) is 5.80. The maximum Gasteiger partial charge on any atom is 0.222 e. The van der Waals surface area contributed by atoms with Crippen LogP contribution in [0.25, 0.3) is 0 Å². The van der Waals surface area contributed by atoms with E-state index in [4.69, 9.17) is 4.74 Å². The Hall–Kier alpha value is -0.610. The minimum atomic E-state index is 0.0480. The van der Waals surface area contributed by atoms with E-state index in [1.165, 1.54) is 0 Å². The minimum absolute atomic E-state index is 0.0480. The zero-order valence-electron chi connectivity index (χ0n) is 12.8. The second-order valence-electron chi connectivity index (χ2n) is 6.72. The second-order valence-corrected chi connectivity index (χ2v) is 6.72. The predicted octanol–water partition coefficient (Wildman–Crippen LogP) is 1.64. The third-order valence-corrected chi connectivity index (χ3v) is 4.54. The molecule has 19 heavy (non-hydrogen) atoms. The Morgan fingerprint density at radius 1 is 1.26 bits per heavy atom. The van der Waals surface area contributed by atoms with Crippen molar-refractivity contribution in [3.63, 3.8) is 0 Å². The number of hydrogen-bond acceptors (Lipinski definition) is 3. The first-order valence-electron chi connectivity index (χ1n) is 7.57. The maximum absolute atomic E-state index is 12.0. The van der Waals surface area contributed by atoms with E-state index in [0.717, 1.165) is 19.6 Å². The summed E-state index contributed by atoms with van der Waals surface area (Å²) in [5.41, 5.74) is 0. The predicted molar refractivity (Wildman–Crippen MR) is 75.9 cm³/mol. The lowest BCUT2D eigenvalue weighted by Gasteiger charge is -2.39. The molecule has 2 rings (SSSR count). The lowest BCUT2D eigenvalue weighted by atomic mass is 9.95. The Morgan fingerprint density at radius 3 is 2.37 bits per heavy atom. The molecule has 0 aromatic carbocycles. The van der Waals surface area contributed by atoms with E-state index in [0.29, 0.717) is 24.1 Å². The molecule has 0 aromatic heterocycles. The first kappa shape index (κ1) is 14.8. The first-order chi connectivity index (χ1) is 8.90. The van der Waals surface area contributed by atoms with E-state index < -0.39 is 0 Å². The van der Waals surface area contributed by atoms with Crippen molar-refractivity contribution in [1.29, 1.82) is 0 Å². The van der Waals surface area contributed by atoms with Gasteiger partial charge in [0.25, 0.3) is 0 Å². The third kappa shape index (κ3) is 3.11. The van der Waals surface area contributed by atoms with Gasteiger partial charge in [0.1, 0.15) is 0 Å². The Morgan fingerprint density at radius 2 is 1.95 bits per heavy atom. The molecule has 0 radical (unpaired) electrons. The van der Waals surface area contributed by atoms with Crippen LogP contribution >= 0.6 is 0 Å². The molecule has 1 N–H and O–H groups in total. The van der Waals surface area contributed by atoms with Crippen molar-refractivity contribution in [2.75, 3.05) is 13.2 Å². The van der Waals surface area contributed by atoms with Gasteiger partial charge in [-0.2, -0.15) is 0 Å². The van der Waals surface area contributed by atoms with Crippen molar-refractivity contribution in [2.24, 2.45) is 11.8 Å². The van der Waals surface area contributed by atoms with Gasteiger partial charge in [-0.3, -0.25) is 9.69 Å². The molecule has 2 saturated heterocycles. The summed E-state index contributed by atoms with van der Waals surface area (Å²) < 4.78 is 5.66. The van der Waals surface area contributed by atoms with E-state index in [1.807, 2.05) is 13.8 Å². The molecular formula is C15H28N2O2. The zero-order valence-corrected chi connectivity index (χ0v) is 12.8. The number of carbonyl (C=O) groups is 1. The Balaban J connectivity index is 2.00. The van der Waals surface area contributed by atoms with Crippen LogP contribution in [0, 0.1) is 11.8 Å². The Bertz CT molecular complexity index is 330. The van der Waals surface area contributed by atoms with Crippen molar-refractivity contribution in [2.45, 2.75) is 65.3 Å². The summed E-state index contributed by atoms with van der Waals surface area (Å²) >= 11 is 0. The number of hydrogen-bond donors (Lipinski definition) is 1. The molecule has 0 aromatic rings. The number of morpholine rings is 1. The SMILES string of the molecule is CC(C)C(=O)N[C@@H](C(C)C)[C@H](C)N1C[C@H]2C[C@@H]1CO2. The molecule has 0 spiro atoms. The summed E-state index contributed by atoms with van der Waals surface area (Å²) in [5.74, 6) is 0.649. The summed E-state index contributed by atoms with van der Waals surface area (Å²) in [5, 5.41) is 3.23. The molecule has 2 bridgehead atoms. The molecule has 4 atom stereocenters. The number of ether oxygens (including phenoxy) is 1. The summed E-state index contributed by atoms with van der Waals surface area (Å²) in [4.78, 5) is 14.5. The molecule has 1 amide bonds. The van der Waals surface area contributed by atoms with Gasteiger partial charge in [0.15, 0.2) is 0 Å². The van der Waals surface area contributed by atoms with Gasteiger partial charge in [-0.25, -0.2) is 0 Å². The number of nitrogens with one attached hydrogen (secondary N) is 1. The van der Waals surface area contributed by atoms with Crippen LogP contribution in [0.1, 0.15) is 41.0 Å². The van der Waals surface area contributed by atoms with Gasteiger partial charge >= 0.3 is 0 Å². The van der Waals surface area contributed by atoms with Gasteiger partial charge in [-0.1, -0.05) is 27.7 Å². The number of nitrogens with zero attached hydrogens (tertiary/aromatic N) is 1. The van der Waals surface area contributed by atoms with Crippen molar-refractivity contribution >= 4 is 5.91 Å². The van der Waals surface area contributed by atoms with Crippen LogP contribution in [0.2, 0.25) is 0 Å². The van der Waals surface area contributed by atoms with Crippen molar-refractivity contribution in [3.05, 3.63) is 0 Å². The van der Waals surface area contributed by atoms with Gasteiger partial charge in [-0.05, 0) is 19.3 Å². The van der Waals surface area contributed by atoms with E-state index in [-0.39, 0.29) is 17.9 Å². The van der Waals surface area contributed by atoms with Gasteiger partial charge in [0.05, 0.1) is 12.7 Å². The number of fused-ring (bicyclic) bond motifs is 2. The first-order valence-corrected chi connectivity index (χ1v) is 7.57. The molecule has 2 heterocycles. The van der Waals surface area contributed by atoms with Crippen LogP contribution in [0.15, 0.2) is 0 Å². The van der Waals surface area contributed by atoms with Crippen molar-refractivity contribution in [3.8, 4) is 0 Å². The highest BCUT2D eigenvalue weighted by molar-refractivity contribution is 5.78. The molecular weight excluding hydrogens is 240 g/mol. The summed E-state index contributed by atoms with van der Waals surface area (Å²) in [6.07, 6.45) is 1.58. The third-order valence-electron chi connectivity index (χ3n) is 4.54. The van der Waals surface area contributed by atoms with Crippen LogP contribution < -0.4 is 5.32 Å². The van der Waals surface area contributed by atoms with Crippen LogP contribution in [0.4, 0.5) is 0 Å². The smallest absolute Gasteiger partial charge is 0.222 e. The van der Waals surface area contributed by atoms with E-state index in [9.17, 15) is 4.79 Å². The lowest BCUT2D eigenvalue weighted by Crippen LogP contribution is -2.56. The molecule has 4 heteroatoms. The molecule has 2 aliphatic rings. The molecule has 0 unspecified atom stereocenters. The highest BCUT2D eigenvalue weighted by Gasteiger charge is 2.43. The summed E-state index contributed by atoms with van der Waals surface area (Å²) in [6.45, 7) is 12.4. The largest absolute Gasteiger partial charge is 0.375 e. The van der Waals surface area contributed by atoms with E-state index in [2.05, 4.69) is 31.0 Å². The molecule has 2 fully saturated rings. The maximum atomic E-state index is 12.0. The molecule has 4 nitrogen and oxygen atoms in total. The fraction of sp³-hybridized carbons (Fsp3) is 0.933. The highest BCUT2D eigenvalue weighted by atomic mass is 16.5. The highest BCUT2D eigenvalue weighted by Crippen LogP contribution is 2.31. The average Bonchev–Trinajstić information content (AvgIpc) is 2.96. The lowest BCUT2D eigenvalue weighted by molar-refractivity contribution is -0.125. The molecule has 2 aliphatic heterocycles. The number of amides is 1. The zero-order chi connectivity index (χ0) is 14.2. The normalized spacial score (nSPS) is 30.1. The van der Waals surface area contributed by atoms with Crippen molar-refractivity contribution < 1.29 is 9.53 Å².